The summed E-state index contributed by atoms with van der Waals surface area (Å²) < 4.78 is 0. The number of benzene rings is 2. The number of nitrogens with one attached hydrogen (secondary N) is 1. The standard InChI is InChI=1S/C26H31N3S/c30-26(27-23-11-5-8-18-7-1-2-10-22(18)23)29-14-6-9-19-15-20-16-21(25(19)29)17-28-13-4-3-12-24(20)28/h1-2,5,7-8,10-11,15,20-21,24-25H,3-4,6,9,12-14,16-17H2,(H,27,30)/t20-,21+,24+,25+/m0/s1. The van der Waals surface area contributed by atoms with Crippen LogP contribution in [0, 0.1) is 11.8 Å². The third-order valence-corrected chi connectivity index (χ3v) is 8.29. The van der Waals surface area contributed by atoms with E-state index >= 15 is 0 Å². The predicted molar refractivity (Wildman–Crippen MR) is 129 cm³/mol. The zero-order valence-electron chi connectivity index (χ0n) is 17.6. The van der Waals surface area contributed by atoms with Gasteiger partial charge in [-0.25, -0.2) is 0 Å². The summed E-state index contributed by atoms with van der Waals surface area (Å²) in [5.74, 6) is 1.49. The number of hydrogen-bond acceptors (Lipinski definition) is 2. The highest BCUT2D eigenvalue weighted by Crippen LogP contribution is 2.45. The van der Waals surface area contributed by atoms with Crippen LogP contribution in [0.1, 0.15) is 38.5 Å². The summed E-state index contributed by atoms with van der Waals surface area (Å²) in [4.78, 5) is 5.33. The minimum absolute atomic E-state index is 0.493. The van der Waals surface area contributed by atoms with Crippen molar-refractivity contribution in [2.45, 2.75) is 50.6 Å². The van der Waals surface area contributed by atoms with E-state index in [0.717, 1.165) is 35.2 Å². The Kier molecular flexibility index (Phi) is 4.80. The Bertz CT molecular complexity index is 993. The van der Waals surface area contributed by atoms with Gasteiger partial charge in [0.05, 0.1) is 6.04 Å². The maximum Gasteiger partial charge on any atom is 0.173 e. The first-order valence-electron chi connectivity index (χ1n) is 11.8. The minimum Gasteiger partial charge on any atom is -0.342 e. The topological polar surface area (TPSA) is 18.5 Å². The van der Waals surface area contributed by atoms with Gasteiger partial charge < -0.3 is 10.2 Å². The lowest BCUT2D eigenvalue weighted by atomic mass is 9.68. The lowest BCUT2D eigenvalue weighted by Gasteiger charge is -2.55. The molecule has 0 aromatic heterocycles. The Balaban J connectivity index is 1.28. The zero-order valence-corrected chi connectivity index (χ0v) is 18.4. The molecule has 4 atom stereocenters. The fraction of sp³-hybridized carbons (Fsp3) is 0.500. The van der Waals surface area contributed by atoms with E-state index in [4.69, 9.17) is 12.2 Å². The fourth-order valence-corrected chi connectivity index (χ4v) is 7.04. The predicted octanol–water partition coefficient (Wildman–Crippen LogP) is 5.43. The molecule has 156 valence electrons. The van der Waals surface area contributed by atoms with Crippen molar-refractivity contribution in [3.05, 3.63) is 54.1 Å². The molecule has 0 amide bonds. The third kappa shape index (κ3) is 3.16. The van der Waals surface area contributed by atoms with E-state index in [1.165, 1.54) is 62.4 Å². The van der Waals surface area contributed by atoms with Crippen LogP contribution in [0.4, 0.5) is 5.69 Å². The van der Waals surface area contributed by atoms with Crippen molar-refractivity contribution in [3.63, 3.8) is 0 Å². The van der Waals surface area contributed by atoms with Crippen molar-refractivity contribution in [2.24, 2.45) is 11.8 Å². The summed E-state index contributed by atoms with van der Waals surface area (Å²) in [6.07, 6.45) is 10.7. The maximum atomic E-state index is 6.02. The first kappa shape index (κ1) is 18.8. The molecule has 0 unspecified atom stereocenters. The second kappa shape index (κ2) is 7.65. The Morgan fingerprint density at radius 3 is 2.87 bits per heavy atom. The van der Waals surface area contributed by atoms with Crippen LogP contribution in [-0.4, -0.2) is 46.6 Å². The molecular formula is C26H31N3S. The first-order chi connectivity index (χ1) is 14.8. The van der Waals surface area contributed by atoms with Gasteiger partial charge in [0, 0.05) is 30.2 Å². The molecule has 3 fully saturated rings. The van der Waals surface area contributed by atoms with Gasteiger partial charge in [-0.05, 0) is 74.2 Å². The van der Waals surface area contributed by atoms with Gasteiger partial charge in [-0.2, -0.15) is 0 Å². The quantitative estimate of drug-likeness (QED) is 0.492. The highest BCUT2D eigenvalue weighted by molar-refractivity contribution is 7.80. The number of rotatable bonds is 1. The van der Waals surface area contributed by atoms with Gasteiger partial charge in [0.25, 0.3) is 0 Å². The van der Waals surface area contributed by atoms with Gasteiger partial charge in [-0.3, -0.25) is 4.90 Å². The van der Waals surface area contributed by atoms with Gasteiger partial charge in [-0.1, -0.05) is 54.5 Å². The molecule has 0 saturated carbocycles. The molecule has 3 nitrogen and oxygen atoms in total. The minimum atomic E-state index is 0.493. The lowest BCUT2D eigenvalue weighted by Crippen LogP contribution is -2.60. The summed E-state index contributed by atoms with van der Waals surface area (Å²) in [5, 5.41) is 7.04. The molecule has 30 heavy (non-hydrogen) atoms. The van der Waals surface area contributed by atoms with E-state index in [9.17, 15) is 0 Å². The highest BCUT2D eigenvalue weighted by atomic mass is 32.1. The number of hydrogen-bond donors (Lipinski definition) is 1. The summed E-state index contributed by atoms with van der Waals surface area (Å²) in [6.45, 7) is 3.63. The Morgan fingerprint density at radius 2 is 1.90 bits per heavy atom. The molecule has 6 rings (SSSR count). The van der Waals surface area contributed by atoms with E-state index in [0.29, 0.717) is 6.04 Å². The van der Waals surface area contributed by atoms with Gasteiger partial charge >= 0.3 is 0 Å². The number of likely N-dealkylation sites (tertiary alicyclic amines) is 1. The van der Waals surface area contributed by atoms with E-state index in [1.807, 2.05) is 0 Å². The monoisotopic (exact) mass is 417 g/mol. The molecule has 0 spiro atoms. The smallest absolute Gasteiger partial charge is 0.173 e. The Morgan fingerprint density at radius 1 is 1.00 bits per heavy atom. The van der Waals surface area contributed by atoms with Crippen LogP contribution in [0.5, 0.6) is 0 Å². The van der Waals surface area contributed by atoms with Crippen molar-refractivity contribution in [3.8, 4) is 0 Å². The molecule has 4 aliphatic rings. The summed E-state index contributed by atoms with van der Waals surface area (Å²) in [6, 6.07) is 16.3. The first-order valence-corrected chi connectivity index (χ1v) is 12.2. The van der Waals surface area contributed by atoms with Crippen LogP contribution in [0.3, 0.4) is 0 Å². The molecule has 2 aromatic carbocycles. The second-order valence-corrected chi connectivity index (χ2v) is 10.0. The molecular weight excluding hydrogens is 386 g/mol. The number of nitrogens with zero attached hydrogens (tertiary/aromatic N) is 2. The Hall–Kier alpha value is -1.91. The highest BCUT2D eigenvalue weighted by Gasteiger charge is 2.46. The van der Waals surface area contributed by atoms with Crippen molar-refractivity contribution >= 4 is 33.8 Å². The van der Waals surface area contributed by atoms with Crippen LogP contribution < -0.4 is 5.32 Å². The third-order valence-electron chi connectivity index (χ3n) is 7.95. The van der Waals surface area contributed by atoms with Gasteiger partial charge in [-0.15, -0.1) is 0 Å². The van der Waals surface area contributed by atoms with Crippen LogP contribution >= 0.6 is 12.2 Å². The molecule has 1 aliphatic carbocycles. The normalized spacial score (nSPS) is 30.9. The van der Waals surface area contributed by atoms with E-state index < -0.39 is 0 Å². The fourth-order valence-electron chi connectivity index (χ4n) is 6.72. The molecule has 0 radical (unpaired) electrons. The zero-order chi connectivity index (χ0) is 20.1. The van der Waals surface area contributed by atoms with Crippen LogP contribution in [-0.2, 0) is 0 Å². The summed E-state index contributed by atoms with van der Waals surface area (Å²) in [7, 11) is 0. The Labute approximate surface area is 185 Å². The molecule has 3 saturated heterocycles. The van der Waals surface area contributed by atoms with Crippen LogP contribution in [0.15, 0.2) is 54.1 Å². The average Bonchev–Trinajstić information content (AvgIpc) is 2.79. The van der Waals surface area contributed by atoms with Crippen molar-refractivity contribution in [1.82, 2.24) is 9.80 Å². The van der Waals surface area contributed by atoms with Gasteiger partial charge in [0.1, 0.15) is 0 Å². The van der Waals surface area contributed by atoms with Gasteiger partial charge in [0.2, 0.25) is 0 Å². The van der Waals surface area contributed by atoms with Crippen molar-refractivity contribution in [2.75, 3.05) is 25.0 Å². The van der Waals surface area contributed by atoms with E-state index in [1.54, 1.807) is 5.57 Å². The number of fused-ring (bicyclic) bond motifs is 7. The van der Waals surface area contributed by atoms with Gasteiger partial charge in [0.15, 0.2) is 5.11 Å². The molecule has 2 bridgehead atoms. The average molecular weight is 418 g/mol. The SMILES string of the molecule is S=C(Nc1cccc2ccccc12)N1CCCC2=C[C@H]3C[C@H](CN4CCCC[C@H]34)[C@@H]21. The lowest BCUT2D eigenvalue weighted by molar-refractivity contribution is 0.0132. The van der Waals surface area contributed by atoms with Crippen LogP contribution in [0.2, 0.25) is 0 Å². The second-order valence-electron chi connectivity index (χ2n) is 9.66. The largest absolute Gasteiger partial charge is 0.342 e. The number of piperidine rings is 3. The molecule has 1 N–H and O–H groups in total. The van der Waals surface area contributed by atoms with E-state index in [2.05, 4.69) is 63.7 Å². The molecule has 3 aliphatic heterocycles. The van der Waals surface area contributed by atoms with E-state index in [-0.39, 0.29) is 0 Å². The molecule has 4 heteroatoms. The summed E-state index contributed by atoms with van der Waals surface area (Å²) >= 11 is 6.02. The number of anilines is 1. The summed E-state index contributed by atoms with van der Waals surface area (Å²) in [5.41, 5.74) is 2.80. The van der Waals surface area contributed by atoms with Crippen molar-refractivity contribution in [1.29, 1.82) is 0 Å². The molecule has 2 aromatic rings. The number of thiocarbonyl (C=S) groups is 1. The van der Waals surface area contributed by atoms with Crippen LogP contribution in [0.25, 0.3) is 10.8 Å². The maximum absolute atomic E-state index is 6.02. The molecule has 3 heterocycles. The van der Waals surface area contributed by atoms with Crippen molar-refractivity contribution < 1.29 is 0 Å².